The van der Waals surface area contributed by atoms with E-state index in [9.17, 15) is 4.79 Å². The first kappa shape index (κ1) is 13.5. The molecule has 3 N–H and O–H groups in total. The Labute approximate surface area is 103 Å². The van der Waals surface area contributed by atoms with E-state index in [0.29, 0.717) is 6.54 Å². The summed E-state index contributed by atoms with van der Waals surface area (Å²) in [6.45, 7) is 6.91. The fourth-order valence-corrected chi connectivity index (χ4v) is 1.52. The molecule has 0 aromatic heterocycles. The maximum atomic E-state index is 11.2. The number of hydrazine groups is 1. The lowest BCUT2D eigenvalue weighted by molar-refractivity contribution is 0.198. The van der Waals surface area contributed by atoms with Crippen LogP contribution >= 0.6 is 0 Å². The van der Waals surface area contributed by atoms with Crippen LogP contribution in [0.15, 0.2) is 24.3 Å². The van der Waals surface area contributed by atoms with Gasteiger partial charge in [0.2, 0.25) is 0 Å². The molecule has 0 saturated heterocycles. The molecule has 0 saturated carbocycles. The Morgan fingerprint density at radius 1 is 1.29 bits per heavy atom. The molecule has 4 nitrogen and oxygen atoms in total. The number of hydrogen-bond acceptors (Lipinski definition) is 2. The van der Waals surface area contributed by atoms with Gasteiger partial charge in [0.05, 0.1) is 6.54 Å². The minimum atomic E-state index is -0.287. The van der Waals surface area contributed by atoms with Crippen LogP contribution in [0, 0.1) is 0 Å². The highest BCUT2D eigenvalue weighted by Gasteiger charge is 2.13. The van der Waals surface area contributed by atoms with E-state index in [4.69, 9.17) is 5.84 Å². The number of urea groups is 1. The number of nitrogens with two attached hydrogens (primary N) is 1. The number of carbonyl (C=O) groups is 1. The Morgan fingerprint density at radius 2 is 1.82 bits per heavy atom. The van der Waals surface area contributed by atoms with Gasteiger partial charge < -0.3 is 5.32 Å². The van der Waals surface area contributed by atoms with Crippen LogP contribution in [0.5, 0.6) is 0 Å². The molecule has 0 radical (unpaired) electrons. The molecule has 94 valence electrons. The molecule has 17 heavy (non-hydrogen) atoms. The number of amides is 2. The van der Waals surface area contributed by atoms with Crippen molar-refractivity contribution in [1.82, 2.24) is 10.3 Å². The summed E-state index contributed by atoms with van der Waals surface area (Å²) in [5.74, 6) is 5.60. The fourth-order valence-electron chi connectivity index (χ4n) is 1.52. The zero-order chi connectivity index (χ0) is 13.1. The van der Waals surface area contributed by atoms with Crippen LogP contribution in [0.25, 0.3) is 0 Å². The van der Waals surface area contributed by atoms with Crippen LogP contribution < -0.4 is 11.2 Å². The van der Waals surface area contributed by atoms with Gasteiger partial charge in [0, 0.05) is 7.05 Å². The molecular weight excluding hydrogens is 214 g/mol. The predicted molar refractivity (Wildman–Crippen MR) is 69.3 cm³/mol. The summed E-state index contributed by atoms with van der Waals surface area (Å²) in [6, 6.07) is 7.87. The maximum absolute atomic E-state index is 11.2. The lowest BCUT2D eigenvalue weighted by Gasteiger charge is -2.20. The Kier molecular flexibility index (Phi) is 4.12. The van der Waals surface area contributed by atoms with Gasteiger partial charge >= 0.3 is 6.03 Å². The molecule has 4 heteroatoms. The summed E-state index contributed by atoms with van der Waals surface area (Å²) in [5, 5.41) is 3.64. The topological polar surface area (TPSA) is 58.4 Å². The Morgan fingerprint density at radius 3 is 2.24 bits per heavy atom. The van der Waals surface area contributed by atoms with Crippen molar-refractivity contribution in [2.45, 2.75) is 32.7 Å². The largest absolute Gasteiger partial charge is 0.340 e. The van der Waals surface area contributed by atoms with Crippen molar-refractivity contribution in [3.8, 4) is 0 Å². The molecule has 0 unspecified atom stereocenters. The van der Waals surface area contributed by atoms with Crippen LogP contribution in [0.1, 0.15) is 31.9 Å². The van der Waals surface area contributed by atoms with E-state index < -0.39 is 0 Å². The van der Waals surface area contributed by atoms with Crippen molar-refractivity contribution in [2.75, 3.05) is 7.05 Å². The van der Waals surface area contributed by atoms with Crippen LogP contribution in [-0.2, 0) is 12.0 Å². The first-order valence-electron chi connectivity index (χ1n) is 5.68. The van der Waals surface area contributed by atoms with E-state index in [0.717, 1.165) is 10.6 Å². The van der Waals surface area contributed by atoms with E-state index in [2.05, 4.69) is 38.2 Å². The number of benzene rings is 1. The molecule has 0 aliphatic heterocycles. The smallest absolute Gasteiger partial charge is 0.331 e. The van der Waals surface area contributed by atoms with Gasteiger partial charge in [-0.15, -0.1) is 0 Å². The minimum absolute atomic E-state index is 0.141. The molecule has 0 bridgehead atoms. The number of nitrogens with one attached hydrogen (secondary N) is 1. The summed E-state index contributed by atoms with van der Waals surface area (Å²) in [7, 11) is 1.56. The van der Waals surface area contributed by atoms with E-state index >= 15 is 0 Å². The highest BCUT2D eigenvalue weighted by molar-refractivity contribution is 5.73. The van der Waals surface area contributed by atoms with Crippen molar-refractivity contribution in [1.29, 1.82) is 0 Å². The van der Waals surface area contributed by atoms with Gasteiger partial charge in [-0.2, -0.15) is 0 Å². The monoisotopic (exact) mass is 235 g/mol. The maximum Gasteiger partial charge on any atom is 0.331 e. The molecule has 2 amide bonds. The molecule has 0 aliphatic carbocycles. The third-order valence-electron chi connectivity index (χ3n) is 2.65. The van der Waals surface area contributed by atoms with Crippen molar-refractivity contribution in [3.05, 3.63) is 35.4 Å². The first-order valence-corrected chi connectivity index (χ1v) is 5.68. The zero-order valence-electron chi connectivity index (χ0n) is 10.9. The normalized spacial score (nSPS) is 11.1. The molecule has 0 aliphatic rings. The highest BCUT2D eigenvalue weighted by atomic mass is 16.2. The van der Waals surface area contributed by atoms with E-state index in [1.807, 2.05) is 12.1 Å². The second-order valence-corrected chi connectivity index (χ2v) is 5.13. The zero-order valence-corrected chi connectivity index (χ0v) is 10.9. The average Bonchev–Trinajstić information content (AvgIpc) is 2.27. The van der Waals surface area contributed by atoms with Crippen molar-refractivity contribution >= 4 is 6.03 Å². The second kappa shape index (κ2) is 5.19. The number of carbonyl (C=O) groups excluding carboxylic acids is 1. The molecule has 0 heterocycles. The van der Waals surface area contributed by atoms with Crippen LogP contribution in [0.4, 0.5) is 4.79 Å². The van der Waals surface area contributed by atoms with Gasteiger partial charge in [0.15, 0.2) is 0 Å². The third kappa shape index (κ3) is 3.75. The van der Waals surface area contributed by atoms with Crippen LogP contribution in [0.3, 0.4) is 0 Å². The first-order chi connectivity index (χ1) is 7.84. The second-order valence-electron chi connectivity index (χ2n) is 5.13. The van der Waals surface area contributed by atoms with Crippen LogP contribution in [0.2, 0.25) is 0 Å². The summed E-state index contributed by atoms with van der Waals surface area (Å²) in [4.78, 5) is 11.2. The van der Waals surface area contributed by atoms with Crippen molar-refractivity contribution < 1.29 is 4.79 Å². The van der Waals surface area contributed by atoms with E-state index in [-0.39, 0.29) is 11.4 Å². The van der Waals surface area contributed by atoms with Gasteiger partial charge in [-0.05, 0) is 16.5 Å². The summed E-state index contributed by atoms with van der Waals surface area (Å²) < 4.78 is 0. The van der Waals surface area contributed by atoms with E-state index in [1.54, 1.807) is 7.05 Å². The fraction of sp³-hybridized carbons (Fsp3) is 0.462. The Balaban J connectivity index is 2.72. The van der Waals surface area contributed by atoms with Gasteiger partial charge in [0.1, 0.15) is 0 Å². The summed E-state index contributed by atoms with van der Waals surface area (Å²) in [5.41, 5.74) is 2.43. The Bertz CT molecular complexity index is 379. The number of hydrogen-bond donors (Lipinski definition) is 2. The highest BCUT2D eigenvalue weighted by Crippen LogP contribution is 2.22. The van der Waals surface area contributed by atoms with Gasteiger partial charge in [-0.25, -0.2) is 10.6 Å². The van der Waals surface area contributed by atoms with Gasteiger partial charge in [-0.1, -0.05) is 45.0 Å². The van der Waals surface area contributed by atoms with Gasteiger partial charge in [0.25, 0.3) is 0 Å². The average molecular weight is 235 g/mol. The van der Waals surface area contributed by atoms with E-state index in [1.165, 1.54) is 5.56 Å². The summed E-state index contributed by atoms with van der Waals surface area (Å²) in [6.07, 6.45) is 0. The lowest BCUT2D eigenvalue weighted by Crippen LogP contribution is -2.42. The molecule has 1 aromatic rings. The Hall–Kier alpha value is -1.55. The van der Waals surface area contributed by atoms with Crippen molar-refractivity contribution in [3.63, 3.8) is 0 Å². The molecular formula is C13H21N3O. The quantitative estimate of drug-likeness (QED) is 0.468. The predicted octanol–water partition coefficient (Wildman–Crippen LogP) is 2.00. The van der Waals surface area contributed by atoms with Gasteiger partial charge in [-0.3, -0.25) is 5.01 Å². The molecule has 0 spiro atoms. The van der Waals surface area contributed by atoms with Crippen molar-refractivity contribution in [2.24, 2.45) is 5.84 Å². The number of rotatable bonds is 2. The minimum Gasteiger partial charge on any atom is -0.340 e. The summed E-state index contributed by atoms with van der Waals surface area (Å²) >= 11 is 0. The van der Waals surface area contributed by atoms with Crippen LogP contribution in [-0.4, -0.2) is 18.1 Å². The molecule has 0 atom stereocenters. The lowest BCUT2D eigenvalue weighted by atomic mass is 9.87. The standard InChI is InChI=1S/C13H21N3O/c1-13(2,3)11-7-5-10(6-8-11)9-16(14)12(17)15-4/h5-8H,9,14H2,1-4H3,(H,15,17). The third-order valence-corrected chi connectivity index (χ3v) is 2.65. The molecule has 1 aromatic carbocycles. The number of nitrogens with zero attached hydrogens (tertiary/aromatic N) is 1. The SMILES string of the molecule is CNC(=O)N(N)Cc1ccc(C(C)(C)C)cc1. The molecule has 0 fully saturated rings. The molecule has 1 rings (SSSR count).